The van der Waals surface area contributed by atoms with Crippen molar-refractivity contribution >= 4 is 17.6 Å². The molecule has 5 N–H and O–H groups in total. The van der Waals surface area contributed by atoms with Gasteiger partial charge in [0.1, 0.15) is 24.1 Å². The number of nitrogens with zero attached hydrogens (tertiary/aromatic N) is 1. The number of hydroxylamine groups is 2. The summed E-state index contributed by atoms with van der Waals surface area (Å²) in [6.45, 7) is 4.73. The molecule has 0 aliphatic carbocycles. The minimum absolute atomic E-state index is 0.395. The first-order valence-corrected chi connectivity index (χ1v) is 9.21. The molecule has 0 radical (unpaired) electrons. The molecule has 29 heavy (non-hydrogen) atoms. The van der Waals surface area contributed by atoms with Gasteiger partial charge in [0.15, 0.2) is 0 Å². The average molecular weight is 402 g/mol. The van der Waals surface area contributed by atoms with Crippen LogP contribution in [0.2, 0.25) is 0 Å². The van der Waals surface area contributed by atoms with Crippen LogP contribution in [0.1, 0.15) is 18.1 Å². The van der Waals surface area contributed by atoms with Crippen LogP contribution in [0, 0.1) is 18.8 Å². The molecule has 0 aliphatic heterocycles. The van der Waals surface area contributed by atoms with E-state index in [4.69, 9.17) is 15.2 Å². The van der Waals surface area contributed by atoms with Gasteiger partial charge in [0, 0.05) is 6.20 Å². The number of pyridine rings is 1. The molecule has 2 aromatic rings. The predicted octanol–water partition coefficient (Wildman–Crippen LogP) is 1.69. The lowest BCUT2D eigenvalue weighted by Gasteiger charge is -2.20. The number of ether oxygens (including phenoxy) is 1. The van der Waals surface area contributed by atoms with E-state index in [9.17, 15) is 9.59 Å². The second kappa shape index (κ2) is 11.0. The third-order valence-corrected chi connectivity index (χ3v) is 4.51. The third-order valence-electron chi connectivity index (χ3n) is 4.51. The number of benzene rings is 1. The third kappa shape index (κ3) is 6.44. The van der Waals surface area contributed by atoms with Crippen molar-refractivity contribution in [2.24, 2.45) is 11.8 Å². The van der Waals surface area contributed by atoms with E-state index in [-0.39, 0.29) is 0 Å². The molecular weight excluding hydrogens is 376 g/mol. The molecule has 9 heteroatoms. The fourth-order valence-electron chi connectivity index (χ4n) is 3.00. The van der Waals surface area contributed by atoms with Crippen molar-refractivity contribution in [1.29, 1.82) is 0 Å². The SMILES string of the molecule is Cc1cccnc1NCCOc1ccc(CC(C)C(C(=O)NO)C(=O)NO)cc1. The highest BCUT2D eigenvalue weighted by Crippen LogP contribution is 2.20. The Morgan fingerprint density at radius 3 is 2.34 bits per heavy atom. The second-order valence-electron chi connectivity index (χ2n) is 6.70. The van der Waals surface area contributed by atoms with Gasteiger partial charge in [-0.15, -0.1) is 0 Å². The number of anilines is 1. The maximum Gasteiger partial charge on any atom is 0.256 e. The van der Waals surface area contributed by atoms with E-state index in [1.165, 1.54) is 11.0 Å². The zero-order valence-electron chi connectivity index (χ0n) is 16.4. The molecule has 1 atom stereocenters. The van der Waals surface area contributed by atoms with Crippen LogP contribution in [-0.4, -0.2) is 40.4 Å². The van der Waals surface area contributed by atoms with Crippen LogP contribution in [0.25, 0.3) is 0 Å². The standard InChI is InChI=1S/C20H26N4O5/c1-13-4-3-9-21-18(13)22-10-11-29-16-7-5-15(6-8-16)12-14(2)17(19(25)23-27)20(26)24-28/h3-9,14,17,27-28H,10-12H2,1-2H3,(H,21,22)(H,23,25)(H,24,26). The maximum atomic E-state index is 11.7. The highest BCUT2D eigenvalue weighted by Gasteiger charge is 2.32. The van der Waals surface area contributed by atoms with Gasteiger partial charge in [-0.2, -0.15) is 0 Å². The summed E-state index contributed by atoms with van der Waals surface area (Å²) in [7, 11) is 0. The monoisotopic (exact) mass is 402 g/mol. The minimum Gasteiger partial charge on any atom is -0.492 e. The number of carbonyl (C=O) groups is 2. The molecule has 2 rings (SSSR count). The number of aryl methyl sites for hydroxylation is 1. The Kier molecular flexibility index (Phi) is 8.38. The van der Waals surface area contributed by atoms with Crippen LogP contribution in [0.3, 0.4) is 0 Å². The van der Waals surface area contributed by atoms with Crippen LogP contribution in [0.4, 0.5) is 5.82 Å². The topological polar surface area (TPSA) is 133 Å². The molecular formula is C20H26N4O5. The molecule has 0 bridgehead atoms. The van der Waals surface area contributed by atoms with E-state index in [1.54, 1.807) is 25.3 Å². The Balaban J connectivity index is 1.85. The smallest absolute Gasteiger partial charge is 0.256 e. The molecule has 0 saturated carbocycles. The first kappa shape index (κ1) is 22.1. The summed E-state index contributed by atoms with van der Waals surface area (Å²) < 4.78 is 5.70. The summed E-state index contributed by atoms with van der Waals surface area (Å²) in [5, 5.41) is 20.8. The van der Waals surface area contributed by atoms with Crippen molar-refractivity contribution < 1.29 is 24.7 Å². The summed E-state index contributed by atoms with van der Waals surface area (Å²) in [6, 6.07) is 11.2. The van der Waals surface area contributed by atoms with E-state index in [0.717, 1.165) is 16.9 Å². The predicted molar refractivity (Wildman–Crippen MR) is 106 cm³/mol. The molecule has 0 fully saturated rings. The summed E-state index contributed by atoms with van der Waals surface area (Å²) in [5.74, 6) is -1.90. The van der Waals surface area contributed by atoms with Crippen molar-refractivity contribution in [1.82, 2.24) is 15.9 Å². The van der Waals surface area contributed by atoms with E-state index < -0.39 is 23.7 Å². The van der Waals surface area contributed by atoms with Gasteiger partial charge < -0.3 is 10.1 Å². The summed E-state index contributed by atoms with van der Waals surface area (Å²) in [6.07, 6.45) is 2.13. The minimum atomic E-state index is -1.22. The van der Waals surface area contributed by atoms with Crippen LogP contribution in [-0.2, 0) is 16.0 Å². The molecule has 0 aliphatic rings. The molecule has 1 unspecified atom stereocenters. The van der Waals surface area contributed by atoms with E-state index in [1.807, 2.05) is 31.2 Å². The van der Waals surface area contributed by atoms with E-state index in [2.05, 4.69) is 10.3 Å². The largest absolute Gasteiger partial charge is 0.492 e. The van der Waals surface area contributed by atoms with Gasteiger partial charge in [0.05, 0.1) is 6.54 Å². The highest BCUT2D eigenvalue weighted by molar-refractivity contribution is 5.99. The number of hydrogen-bond donors (Lipinski definition) is 5. The zero-order chi connectivity index (χ0) is 21.2. The van der Waals surface area contributed by atoms with Crippen molar-refractivity contribution in [2.45, 2.75) is 20.3 Å². The molecule has 156 valence electrons. The maximum absolute atomic E-state index is 11.7. The molecule has 9 nitrogen and oxygen atoms in total. The lowest BCUT2D eigenvalue weighted by Crippen LogP contribution is -2.43. The van der Waals surface area contributed by atoms with Crippen molar-refractivity contribution in [3.05, 3.63) is 53.7 Å². The molecule has 0 spiro atoms. The summed E-state index contributed by atoms with van der Waals surface area (Å²) in [4.78, 5) is 27.7. The lowest BCUT2D eigenvalue weighted by molar-refractivity contribution is -0.147. The van der Waals surface area contributed by atoms with Crippen LogP contribution >= 0.6 is 0 Å². The van der Waals surface area contributed by atoms with Crippen molar-refractivity contribution in [2.75, 3.05) is 18.5 Å². The molecule has 0 saturated heterocycles. The van der Waals surface area contributed by atoms with Gasteiger partial charge in [-0.25, -0.2) is 15.9 Å². The van der Waals surface area contributed by atoms with Crippen molar-refractivity contribution in [3.8, 4) is 5.75 Å². The quantitative estimate of drug-likeness (QED) is 0.177. The van der Waals surface area contributed by atoms with Gasteiger partial charge in [-0.1, -0.05) is 25.1 Å². The molecule has 1 aromatic carbocycles. The normalized spacial score (nSPS) is 11.6. The Morgan fingerprint density at radius 2 is 1.76 bits per heavy atom. The number of rotatable bonds is 10. The van der Waals surface area contributed by atoms with E-state index >= 15 is 0 Å². The first-order valence-electron chi connectivity index (χ1n) is 9.21. The van der Waals surface area contributed by atoms with Crippen LogP contribution in [0.15, 0.2) is 42.6 Å². The van der Waals surface area contributed by atoms with Gasteiger partial charge in [-0.05, 0) is 48.6 Å². The molecule has 1 heterocycles. The van der Waals surface area contributed by atoms with Gasteiger partial charge in [0.25, 0.3) is 11.8 Å². The highest BCUT2D eigenvalue weighted by atomic mass is 16.5. The number of amides is 2. The van der Waals surface area contributed by atoms with Gasteiger partial charge in [0.2, 0.25) is 0 Å². The Labute approximate surface area is 169 Å². The zero-order valence-corrected chi connectivity index (χ0v) is 16.4. The second-order valence-corrected chi connectivity index (χ2v) is 6.70. The van der Waals surface area contributed by atoms with Crippen LogP contribution < -0.4 is 21.0 Å². The summed E-state index contributed by atoms with van der Waals surface area (Å²) >= 11 is 0. The first-order chi connectivity index (χ1) is 14.0. The fourth-order valence-corrected chi connectivity index (χ4v) is 3.00. The van der Waals surface area contributed by atoms with Crippen molar-refractivity contribution in [3.63, 3.8) is 0 Å². The number of hydrogen-bond acceptors (Lipinski definition) is 7. The van der Waals surface area contributed by atoms with E-state index in [0.29, 0.717) is 25.3 Å². The number of carbonyl (C=O) groups excluding carboxylic acids is 2. The average Bonchev–Trinajstić information content (AvgIpc) is 2.73. The molecule has 2 amide bonds. The van der Waals surface area contributed by atoms with Gasteiger partial charge >= 0.3 is 0 Å². The Bertz CT molecular complexity index is 797. The summed E-state index contributed by atoms with van der Waals surface area (Å²) in [5.41, 5.74) is 4.86. The fraction of sp³-hybridized carbons (Fsp3) is 0.350. The Hall–Kier alpha value is -3.17. The number of aromatic nitrogens is 1. The van der Waals surface area contributed by atoms with Crippen LogP contribution in [0.5, 0.6) is 5.75 Å². The molecule has 1 aromatic heterocycles. The Morgan fingerprint density at radius 1 is 1.10 bits per heavy atom. The van der Waals surface area contributed by atoms with Gasteiger partial charge in [-0.3, -0.25) is 20.0 Å². The number of nitrogens with one attached hydrogen (secondary N) is 3. The lowest BCUT2D eigenvalue weighted by atomic mass is 9.87.